The van der Waals surface area contributed by atoms with E-state index in [-0.39, 0.29) is 11.9 Å². The summed E-state index contributed by atoms with van der Waals surface area (Å²) in [6, 6.07) is 13.4. The third kappa shape index (κ3) is 3.03. The molecule has 0 heterocycles. The average Bonchev–Trinajstić information content (AvgIpc) is 2.99. The summed E-state index contributed by atoms with van der Waals surface area (Å²) in [6.07, 6.45) is 5.92. The first-order valence-corrected chi connectivity index (χ1v) is 13.7. The Morgan fingerprint density at radius 2 is 1.89 bits per heavy atom. The maximum absolute atomic E-state index is 13.3. The normalized spacial score (nSPS) is 28.9. The number of carbonyl (C=O) groups excluding carboxylic acids is 1. The lowest BCUT2D eigenvalue weighted by atomic mass is 9.62. The van der Waals surface area contributed by atoms with Gasteiger partial charge in [0, 0.05) is 15.7 Å². The molecule has 1 saturated carbocycles. The third-order valence-electron chi connectivity index (χ3n) is 6.93. The first-order chi connectivity index (χ1) is 13.5. The molecule has 3 nitrogen and oxygen atoms in total. The summed E-state index contributed by atoms with van der Waals surface area (Å²) in [5, 5.41) is 0. The second-order valence-electron chi connectivity index (χ2n) is 7.83. The molecule has 2 aliphatic rings. The highest BCUT2D eigenvalue weighted by Crippen LogP contribution is 2.68. The number of ether oxygens (including phenoxy) is 1. The topological polar surface area (TPSA) is 35.5 Å². The van der Waals surface area contributed by atoms with Crippen LogP contribution in [0.4, 0.5) is 0 Å². The number of benzene rings is 1. The summed E-state index contributed by atoms with van der Waals surface area (Å²) >= 11 is 1.66. The van der Waals surface area contributed by atoms with E-state index >= 15 is 0 Å². The van der Waals surface area contributed by atoms with Gasteiger partial charge in [0.2, 0.25) is 0 Å². The second-order valence-corrected chi connectivity index (χ2v) is 13.6. The van der Waals surface area contributed by atoms with E-state index in [1.165, 1.54) is 7.11 Å². The summed E-state index contributed by atoms with van der Waals surface area (Å²) in [5.74, 6) is -0.0246. The number of methoxy groups -OCH3 is 1. The van der Waals surface area contributed by atoms with E-state index in [0.29, 0.717) is 0 Å². The summed E-state index contributed by atoms with van der Waals surface area (Å²) in [4.78, 5) is 15.5. The molecule has 0 N–H and O–H groups in total. The number of hydrogen-bond donors (Lipinski definition) is 0. The SMILES string of the molecule is C=C[C@@]1(O[Si](CC)(CC)CC)CC[C@@H]2C=C(Sc3ccccc3)[C@@]21C(=O)OC. The highest BCUT2D eigenvalue weighted by Gasteiger charge is 2.71. The summed E-state index contributed by atoms with van der Waals surface area (Å²) in [6.45, 7) is 10.9. The Balaban J connectivity index is 2.06. The fraction of sp³-hybridized carbons (Fsp3) is 0.522. The van der Waals surface area contributed by atoms with E-state index in [2.05, 4.69) is 45.6 Å². The molecule has 0 aliphatic heterocycles. The lowest BCUT2D eigenvalue weighted by Gasteiger charge is -2.53. The molecule has 0 radical (unpaired) electrons. The van der Waals surface area contributed by atoms with Gasteiger partial charge in [-0.1, -0.05) is 62.9 Å². The highest BCUT2D eigenvalue weighted by molar-refractivity contribution is 8.03. The van der Waals surface area contributed by atoms with Gasteiger partial charge < -0.3 is 9.16 Å². The van der Waals surface area contributed by atoms with Gasteiger partial charge in [-0.3, -0.25) is 4.79 Å². The van der Waals surface area contributed by atoms with Gasteiger partial charge in [-0.2, -0.15) is 0 Å². The van der Waals surface area contributed by atoms with Crippen LogP contribution in [-0.2, 0) is 14.0 Å². The van der Waals surface area contributed by atoms with Crippen molar-refractivity contribution in [1.29, 1.82) is 0 Å². The van der Waals surface area contributed by atoms with Crippen LogP contribution in [0.15, 0.2) is 58.9 Å². The lowest BCUT2D eigenvalue weighted by molar-refractivity contribution is -0.162. The van der Waals surface area contributed by atoms with Crippen molar-refractivity contribution in [3.05, 3.63) is 54.0 Å². The van der Waals surface area contributed by atoms with Crippen LogP contribution in [0.25, 0.3) is 0 Å². The minimum atomic E-state index is -1.96. The molecule has 3 atom stereocenters. The fourth-order valence-corrected chi connectivity index (χ4v) is 9.42. The first kappa shape index (κ1) is 21.4. The van der Waals surface area contributed by atoms with E-state index < -0.39 is 19.3 Å². The molecule has 0 bridgehead atoms. The summed E-state index contributed by atoms with van der Waals surface area (Å²) < 4.78 is 12.5. The standard InChI is InChI=1S/C23H32O3SSi/c1-6-22(26-28(7-2,8-3)9-4)16-15-18-17-20(23(18,22)21(24)25-5)27-19-13-11-10-12-14-19/h6,10-14,17-18H,1,7-9,15-16H2,2-5H3/t18-,22-,23-/m1/s1. The minimum absolute atomic E-state index is 0.154. The maximum Gasteiger partial charge on any atom is 0.320 e. The average molecular weight is 417 g/mol. The van der Waals surface area contributed by atoms with E-state index in [1.54, 1.807) is 11.8 Å². The number of hydrogen-bond acceptors (Lipinski definition) is 4. The third-order valence-corrected chi connectivity index (χ3v) is 12.8. The maximum atomic E-state index is 13.3. The quantitative estimate of drug-likeness (QED) is 0.273. The fourth-order valence-electron chi connectivity index (χ4n) is 5.02. The first-order valence-electron chi connectivity index (χ1n) is 10.3. The molecule has 1 aromatic carbocycles. The summed E-state index contributed by atoms with van der Waals surface area (Å²) in [7, 11) is -0.462. The Labute approximate surface area is 174 Å². The zero-order valence-electron chi connectivity index (χ0n) is 17.5. The van der Waals surface area contributed by atoms with Crippen molar-refractivity contribution in [2.24, 2.45) is 11.3 Å². The number of fused-ring (bicyclic) bond motifs is 1. The Bertz CT molecular complexity index is 750. The molecular weight excluding hydrogens is 384 g/mol. The Morgan fingerprint density at radius 3 is 2.43 bits per heavy atom. The van der Waals surface area contributed by atoms with Crippen LogP contribution in [0.2, 0.25) is 18.1 Å². The van der Waals surface area contributed by atoms with Gasteiger partial charge in [0.05, 0.1) is 12.7 Å². The van der Waals surface area contributed by atoms with E-state index in [4.69, 9.17) is 9.16 Å². The van der Waals surface area contributed by atoms with Gasteiger partial charge in [0.25, 0.3) is 0 Å². The van der Waals surface area contributed by atoms with Gasteiger partial charge in [-0.25, -0.2) is 0 Å². The zero-order chi connectivity index (χ0) is 20.4. The predicted octanol–water partition coefficient (Wildman–Crippen LogP) is 6.19. The molecule has 3 rings (SSSR count). The number of allylic oxidation sites excluding steroid dienone is 1. The van der Waals surface area contributed by atoms with Gasteiger partial charge in [0.15, 0.2) is 8.32 Å². The van der Waals surface area contributed by atoms with Crippen molar-refractivity contribution < 1.29 is 14.0 Å². The molecule has 0 saturated heterocycles. The number of rotatable bonds is 9. The molecule has 2 aliphatic carbocycles. The number of thioether (sulfide) groups is 1. The molecule has 152 valence electrons. The molecule has 28 heavy (non-hydrogen) atoms. The van der Waals surface area contributed by atoms with E-state index in [9.17, 15) is 4.79 Å². The van der Waals surface area contributed by atoms with Crippen LogP contribution >= 0.6 is 11.8 Å². The van der Waals surface area contributed by atoms with Crippen molar-refractivity contribution in [3.63, 3.8) is 0 Å². The Kier molecular flexibility index (Phi) is 6.28. The Morgan fingerprint density at radius 1 is 1.25 bits per heavy atom. The minimum Gasteiger partial charge on any atom is -0.468 e. The largest absolute Gasteiger partial charge is 0.468 e. The summed E-state index contributed by atoms with van der Waals surface area (Å²) in [5.41, 5.74) is -1.44. The second kappa shape index (κ2) is 8.21. The number of esters is 1. The van der Waals surface area contributed by atoms with Crippen molar-refractivity contribution in [3.8, 4) is 0 Å². The monoisotopic (exact) mass is 416 g/mol. The molecule has 0 spiro atoms. The van der Waals surface area contributed by atoms with E-state index in [1.807, 2.05) is 24.3 Å². The number of carbonyl (C=O) groups is 1. The van der Waals surface area contributed by atoms with E-state index in [0.717, 1.165) is 40.8 Å². The van der Waals surface area contributed by atoms with Crippen molar-refractivity contribution in [2.45, 2.75) is 62.2 Å². The van der Waals surface area contributed by atoms with Crippen molar-refractivity contribution in [1.82, 2.24) is 0 Å². The molecule has 1 aromatic rings. The van der Waals surface area contributed by atoms with Crippen LogP contribution in [0, 0.1) is 11.3 Å². The molecule has 5 heteroatoms. The molecular formula is C23H32O3SSi. The van der Waals surface area contributed by atoms with Gasteiger partial charge in [0.1, 0.15) is 5.41 Å². The van der Waals surface area contributed by atoms with Gasteiger partial charge in [-0.05, 0) is 43.1 Å². The van der Waals surface area contributed by atoms with Crippen LogP contribution in [0.3, 0.4) is 0 Å². The van der Waals surface area contributed by atoms with Crippen LogP contribution in [0.5, 0.6) is 0 Å². The van der Waals surface area contributed by atoms with Crippen molar-refractivity contribution in [2.75, 3.05) is 7.11 Å². The Hall–Kier alpha value is -1.30. The smallest absolute Gasteiger partial charge is 0.320 e. The van der Waals surface area contributed by atoms with Crippen LogP contribution in [0.1, 0.15) is 33.6 Å². The molecule has 1 fully saturated rings. The molecule has 0 aromatic heterocycles. The van der Waals surface area contributed by atoms with Gasteiger partial charge >= 0.3 is 5.97 Å². The van der Waals surface area contributed by atoms with Crippen molar-refractivity contribution >= 4 is 26.0 Å². The van der Waals surface area contributed by atoms with Crippen LogP contribution < -0.4 is 0 Å². The molecule has 0 unspecified atom stereocenters. The predicted molar refractivity (Wildman–Crippen MR) is 119 cm³/mol. The highest BCUT2D eigenvalue weighted by atomic mass is 32.2. The lowest BCUT2D eigenvalue weighted by Crippen LogP contribution is -2.61. The zero-order valence-corrected chi connectivity index (χ0v) is 19.3. The molecule has 0 amide bonds. The van der Waals surface area contributed by atoms with Gasteiger partial charge in [-0.15, -0.1) is 6.58 Å². The van der Waals surface area contributed by atoms with Crippen LogP contribution in [-0.4, -0.2) is 27.0 Å².